The Kier molecular flexibility index (Phi) is 3.10. The van der Waals surface area contributed by atoms with Crippen LogP contribution in [0, 0.1) is 0 Å². The number of H-pyrrole nitrogens is 1. The molecule has 1 aromatic carbocycles. The summed E-state index contributed by atoms with van der Waals surface area (Å²) in [5, 5.41) is 1.40. The third kappa shape index (κ3) is 1.92. The minimum atomic E-state index is 0.717. The molecule has 0 spiro atoms. The second-order valence-electron chi connectivity index (χ2n) is 4.18. The van der Waals surface area contributed by atoms with Gasteiger partial charge in [0.25, 0.3) is 0 Å². The lowest BCUT2D eigenvalue weighted by Crippen LogP contribution is -1.97. The molecule has 2 aromatic rings. The van der Waals surface area contributed by atoms with Crippen molar-refractivity contribution in [3.8, 4) is 0 Å². The number of aromatic nitrogens is 1. The van der Waals surface area contributed by atoms with Gasteiger partial charge in [0.05, 0.1) is 0 Å². The molecule has 2 rings (SSSR count). The molecule has 0 aliphatic rings. The molecule has 1 aromatic heterocycles. The highest BCUT2D eigenvalue weighted by Gasteiger charge is 2.11. The van der Waals surface area contributed by atoms with Gasteiger partial charge in [-0.1, -0.05) is 32.4 Å². The number of benzene rings is 1. The van der Waals surface area contributed by atoms with Crippen LogP contribution in [0.2, 0.25) is 0 Å². The van der Waals surface area contributed by atoms with Crippen LogP contribution in [0.15, 0.2) is 30.5 Å². The molecule has 0 radical (unpaired) electrons. The molecule has 0 aliphatic carbocycles. The van der Waals surface area contributed by atoms with Crippen molar-refractivity contribution in [3.63, 3.8) is 0 Å². The van der Waals surface area contributed by atoms with E-state index in [1.165, 1.54) is 35.7 Å². The average Bonchev–Trinajstić information content (AvgIpc) is 2.73. The van der Waals surface area contributed by atoms with E-state index in [1.807, 2.05) is 6.20 Å². The number of aromatic amines is 1. The van der Waals surface area contributed by atoms with Crippen molar-refractivity contribution >= 4 is 10.9 Å². The van der Waals surface area contributed by atoms with E-state index in [1.54, 1.807) is 0 Å². The summed E-state index contributed by atoms with van der Waals surface area (Å²) < 4.78 is 0. The van der Waals surface area contributed by atoms with Crippen molar-refractivity contribution in [2.75, 3.05) is 0 Å². The van der Waals surface area contributed by atoms with Gasteiger partial charge in [0.2, 0.25) is 0 Å². The van der Waals surface area contributed by atoms with E-state index in [-0.39, 0.29) is 0 Å². The predicted octanol–water partition coefficient (Wildman–Crippen LogP) is 4.46. The van der Waals surface area contributed by atoms with Crippen LogP contribution in [-0.2, 0) is 0 Å². The first-order chi connectivity index (χ1) is 7.36. The first kappa shape index (κ1) is 10.3. The Morgan fingerprint density at radius 1 is 1.20 bits per heavy atom. The summed E-state index contributed by atoms with van der Waals surface area (Å²) >= 11 is 0. The zero-order chi connectivity index (χ0) is 10.7. The maximum absolute atomic E-state index is 3.28. The van der Waals surface area contributed by atoms with Crippen LogP contribution in [0.25, 0.3) is 10.9 Å². The molecule has 1 heteroatoms. The van der Waals surface area contributed by atoms with E-state index in [4.69, 9.17) is 0 Å². The van der Waals surface area contributed by atoms with Gasteiger partial charge in [-0.25, -0.2) is 0 Å². The van der Waals surface area contributed by atoms with E-state index in [9.17, 15) is 0 Å². The second-order valence-corrected chi connectivity index (χ2v) is 4.18. The van der Waals surface area contributed by atoms with Gasteiger partial charge in [0.15, 0.2) is 0 Å². The summed E-state index contributed by atoms with van der Waals surface area (Å²) in [6.07, 6.45) is 5.82. The van der Waals surface area contributed by atoms with Gasteiger partial charge >= 0.3 is 0 Å². The fourth-order valence-corrected chi connectivity index (χ4v) is 2.39. The van der Waals surface area contributed by atoms with Crippen molar-refractivity contribution in [3.05, 3.63) is 36.0 Å². The van der Waals surface area contributed by atoms with Gasteiger partial charge in [0.1, 0.15) is 0 Å². The summed E-state index contributed by atoms with van der Waals surface area (Å²) in [5.41, 5.74) is 2.78. The van der Waals surface area contributed by atoms with Crippen molar-refractivity contribution < 1.29 is 0 Å². The van der Waals surface area contributed by atoms with E-state index < -0.39 is 0 Å². The molecule has 1 heterocycles. The second kappa shape index (κ2) is 4.52. The summed E-state index contributed by atoms with van der Waals surface area (Å²) in [4.78, 5) is 3.28. The zero-order valence-corrected chi connectivity index (χ0v) is 9.59. The van der Waals surface area contributed by atoms with Gasteiger partial charge in [-0.3, -0.25) is 0 Å². The molecular formula is C14H19N. The molecule has 0 amide bonds. The highest BCUT2D eigenvalue weighted by Crippen LogP contribution is 2.30. The van der Waals surface area contributed by atoms with Crippen LogP contribution in [-0.4, -0.2) is 4.98 Å². The van der Waals surface area contributed by atoms with Crippen LogP contribution in [0.3, 0.4) is 0 Å². The van der Waals surface area contributed by atoms with Gasteiger partial charge in [0, 0.05) is 17.1 Å². The van der Waals surface area contributed by atoms with Crippen LogP contribution in [0.5, 0.6) is 0 Å². The monoisotopic (exact) mass is 201 g/mol. The molecule has 1 atom stereocenters. The molecule has 1 N–H and O–H groups in total. The first-order valence-corrected chi connectivity index (χ1v) is 5.92. The molecule has 0 saturated heterocycles. The highest BCUT2D eigenvalue weighted by atomic mass is 14.7. The Morgan fingerprint density at radius 3 is 2.80 bits per heavy atom. The smallest absolute Gasteiger partial charge is 0.0456 e. The van der Waals surface area contributed by atoms with Crippen LogP contribution in [0.4, 0.5) is 0 Å². The lowest BCUT2D eigenvalue weighted by molar-refractivity contribution is 0.600. The predicted molar refractivity (Wildman–Crippen MR) is 66.2 cm³/mol. The molecule has 0 saturated carbocycles. The van der Waals surface area contributed by atoms with Crippen molar-refractivity contribution in [1.29, 1.82) is 0 Å². The summed E-state index contributed by atoms with van der Waals surface area (Å²) in [6.45, 7) is 4.55. The average molecular weight is 201 g/mol. The minimum Gasteiger partial charge on any atom is -0.361 e. The molecule has 80 valence electrons. The maximum atomic E-state index is 3.28. The summed E-state index contributed by atoms with van der Waals surface area (Å²) in [6, 6.07) is 8.78. The number of hydrogen-bond acceptors (Lipinski definition) is 0. The minimum absolute atomic E-state index is 0.717. The third-order valence-electron chi connectivity index (χ3n) is 3.20. The molecular weight excluding hydrogens is 182 g/mol. The Hall–Kier alpha value is -1.24. The van der Waals surface area contributed by atoms with Crippen molar-refractivity contribution in [1.82, 2.24) is 4.98 Å². The van der Waals surface area contributed by atoms with Crippen LogP contribution < -0.4 is 0 Å². The van der Waals surface area contributed by atoms with E-state index >= 15 is 0 Å². The summed E-state index contributed by atoms with van der Waals surface area (Å²) in [5.74, 6) is 0.717. The Morgan fingerprint density at radius 2 is 2.07 bits per heavy atom. The molecule has 0 aliphatic heterocycles. The normalized spacial score (nSPS) is 13.2. The zero-order valence-electron chi connectivity index (χ0n) is 9.59. The van der Waals surface area contributed by atoms with Gasteiger partial charge < -0.3 is 4.98 Å². The van der Waals surface area contributed by atoms with Crippen molar-refractivity contribution in [2.45, 2.75) is 39.0 Å². The number of fused-ring (bicyclic) bond motifs is 1. The molecule has 1 nitrogen and oxygen atoms in total. The fourth-order valence-electron chi connectivity index (χ4n) is 2.39. The molecule has 0 fully saturated rings. The van der Waals surface area contributed by atoms with E-state index in [2.05, 4.69) is 43.1 Å². The van der Waals surface area contributed by atoms with Gasteiger partial charge in [-0.2, -0.15) is 0 Å². The largest absolute Gasteiger partial charge is 0.361 e. The standard InChI is InChI=1S/C14H19N/c1-3-6-11(4-2)12-7-5-8-14-13(12)9-10-15-14/h5,7-11,15H,3-4,6H2,1-2H3. The Labute approximate surface area is 91.5 Å². The third-order valence-corrected chi connectivity index (χ3v) is 3.20. The quantitative estimate of drug-likeness (QED) is 0.751. The Bertz CT molecular complexity index is 428. The van der Waals surface area contributed by atoms with E-state index in [0.717, 1.165) is 5.92 Å². The topological polar surface area (TPSA) is 15.8 Å². The Balaban J connectivity index is 2.44. The first-order valence-electron chi connectivity index (χ1n) is 5.92. The van der Waals surface area contributed by atoms with Gasteiger partial charge in [-0.05, 0) is 36.5 Å². The van der Waals surface area contributed by atoms with E-state index in [0.29, 0.717) is 0 Å². The lowest BCUT2D eigenvalue weighted by Gasteiger charge is -2.15. The lowest BCUT2D eigenvalue weighted by atomic mass is 9.90. The van der Waals surface area contributed by atoms with Crippen LogP contribution >= 0.6 is 0 Å². The SMILES string of the molecule is CCCC(CC)c1cccc2[nH]ccc12. The van der Waals surface area contributed by atoms with Gasteiger partial charge in [-0.15, -0.1) is 0 Å². The molecule has 1 unspecified atom stereocenters. The summed E-state index contributed by atoms with van der Waals surface area (Å²) in [7, 11) is 0. The maximum Gasteiger partial charge on any atom is 0.0456 e. The molecule has 15 heavy (non-hydrogen) atoms. The number of rotatable bonds is 4. The number of nitrogens with one attached hydrogen (secondary N) is 1. The number of hydrogen-bond donors (Lipinski definition) is 1. The highest BCUT2D eigenvalue weighted by molar-refractivity contribution is 5.83. The van der Waals surface area contributed by atoms with Crippen LogP contribution in [0.1, 0.15) is 44.6 Å². The van der Waals surface area contributed by atoms with Crippen molar-refractivity contribution in [2.24, 2.45) is 0 Å². The molecule has 0 bridgehead atoms. The fraction of sp³-hybridized carbons (Fsp3) is 0.429.